The van der Waals surface area contributed by atoms with Gasteiger partial charge in [0.15, 0.2) is 0 Å². The summed E-state index contributed by atoms with van der Waals surface area (Å²) in [5, 5.41) is 7.80. The molecule has 0 aliphatic heterocycles. The van der Waals surface area contributed by atoms with Crippen LogP contribution >= 0.6 is 0 Å². The minimum atomic E-state index is 0.616. The van der Waals surface area contributed by atoms with Gasteiger partial charge in [0.1, 0.15) is 0 Å². The number of hydrogen-bond donors (Lipinski definition) is 1. The summed E-state index contributed by atoms with van der Waals surface area (Å²) in [6, 6.07) is 59.9. The number of benzene rings is 8. The van der Waals surface area contributed by atoms with Crippen LogP contribution in [0.25, 0.3) is 99.0 Å². The lowest BCUT2D eigenvalue weighted by atomic mass is 9.99. The van der Waals surface area contributed by atoms with Gasteiger partial charge in [0, 0.05) is 54.7 Å². The summed E-state index contributed by atoms with van der Waals surface area (Å²) in [6.45, 7) is 13.6. The van der Waals surface area contributed by atoms with E-state index in [9.17, 15) is 0 Å². The number of nitrogens with zero attached hydrogens (tertiary/aromatic N) is 2. The molecule has 0 aliphatic rings. The summed E-state index contributed by atoms with van der Waals surface area (Å²) in [4.78, 5) is 3.69. The third-order valence-corrected chi connectivity index (χ3v) is 13.1. The predicted molar refractivity (Wildman–Crippen MR) is 267 cm³/mol. The van der Waals surface area contributed by atoms with Crippen LogP contribution in [0.5, 0.6) is 0 Å². The van der Waals surface area contributed by atoms with Gasteiger partial charge in [-0.05, 0) is 174 Å². The fraction of sp³-hybridized carbons (Fsp3) is 0.186. The van der Waals surface area contributed by atoms with Crippen molar-refractivity contribution in [3.05, 3.63) is 180 Å². The van der Waals surface area contributed by atoms with Crippen molar-refractivity contribution >= 4 is 65.4 Å². The van der Waals surface area contributed by atoms with Crippen molar-refractivity contribution in [3.8, 4) is 33.6 Å². The largest absolute Gasteiger partial charge is 0.355 e. The summed E-state index contributed by atoms with van der Waals surface area (Å²) in [5.74, 6) is 1.23. The molecular weight excluding hydrogens is 751 g/mol. The number of aryl methyl sites for hydroxylation is 2. The summed E-state index contributed by atoms with van der Waals surface area (Å²) in [7, 11) is 0. The van der Waals surface area contributed by atoms with Gasteiger partial charge < -0.3 is 14.1 Å². The van der Waals surface area contributed by atoms with Crippen LogP contribution in [-0.2, 0) is 19.3 Å². The lowest BCUT2D eigenvalue weighted by molar-refractivity contribution is 0.647. The molecule has 0 atom stereocenters. The number of nitrogens with one attached hydrogen (secondary N) is 1. The van der Waals surface area contributed by atoms with Crippen molar-refractivity contribution in [1.29, 1.82) is 0 Å². The van der Waals surface area contributed by atoms with Crippen molar-refractivity contribution < 1.29 is 0 Å². The Labute approximate surface area is 364 Å². The van der Waals surface area contributed by atoms with Crippen LogP contribution in [0.2, 0.25) is 0 Å². The minimum absolute atomic E-state index is 0.616. The topological polar surface area (TPSA) is 25.6 Å². The molecule has 0 saturated heterocycles. The summed E-state index contributed by atoms with van der Waals surface area (Å²) in [6.07, 6.45) is 3.20. The number of aromatic nitrogens is 3. The van der Waals surface area contributed by atoms with Crippen molar-refractivity contribution in [2.24, 2.45) is 11.8 Å². The highest BCUT2D eigenvalue weighted by atomic mass is 15.0. The van der Waals surface area contributed by atoms with Crippen molar-refractivity contribution in [1.82, 2.24) is 14.1 Å². The zero-order chi connectivity index (χ0) is 42.2. The van der Waals surface area contributed by atoms with Gasteiger partial charge in [0.25, 0.3) is 0 Å². The highest BCUT2D eigenvalue weighted by molar-refractivity contribution is 6.12. The lowest BCUT2D eigenvalue weighted by Gasteiger charge is -2.11. The number of rotatable bonds is 9. The Morgan fingerprint density at radius 3 is 1.21 bits per heavy atom. The molecule has 0 spiro atoms. The van der Waals surface area contributed by atoms with Crippen LogP contribution in [0, 0.1) is 18.8 Å². The van der Waals surface area contributed by atoms with E-state index in [-0.39, 0.29) is 0 Å². The Hall–Kier alpha value is -6.84. The zero-order valence-electron chi connectivity index (χ0n) is 36.7. The Morgan fingerprint density at radius 2 is 0.774 bits per heavy atom. The molecule has 3 nitrogen and oxygen atoms in total. The van der Waals surface area contributed by atoms with Crippen LogP contribution in [0.4, 0.5) is 0 Å². The first-order valence-electron chi connectivity index (χ1n) is 22.6. The number of fused-ring (bicyclic) bond motifs is 9. The smallest absolute Gasteiger partial charge is 0.0541 e. The Kier molecular flexibility index (Phi) is 9.19. The molecule has 3 heteroatoms. The van der Waals surface area contributed by atoms with Gasteiger partial charge in [-0.2, -0.15) is 0 Å². The summed E-state index contributed by atoms with van der Waals surface area (Å²) in [5.41, 5.74) is 20.0. The molecule has 0 unspecified atom stereocenters. The van der Waals surface area contributed by atoms with E-state index in [0.717, 1.165) is 30.3 Å². The van der Waals surface area contributed by atoms with E-state index in [0.29, 0.717) is 11.8 Å². The van der Waals surface area contributed by atoms with Crippen LogP contribution in [0.1, 0.15) is 56.9 Å². The first kappa shape index (κ1) is 38.1. The zero-order valence-corrected chi connectivity index (χ0v) is 36.7. The average molecular weight is 804 g/mol. The van der Waals surface area contributed by atoms with Gasteiger partial charge in [-0.25, -0.2) is 0 Å². The molecule has 0 aliphatic carbocycles. The highest BCUT2D eigenvalue weighted by Gasteiger charge is 2.17. The van der Waals surface area contributed by atoms with Crippen LogP contribution in [0.15, 0.2) is 158 Å². The number of aromatic amines is 1. The second-order valence-electron chi connectivity index (χ2n) is 18.5. The fourth-order valence-corrected chi connectivity index (χ4v) is 10.1. The number of H-pyrrole nitrogens is 1. The molecule has 0 saturated carbocycles. The molecule has 0 fully saturated rings. The molecular formula is C59H53N3. The van der Waals surface area contributed by atoms with E-state index < -0.39 is 0 Å². The second kappa shape index (κ2) is 15.0. The first-order chi connectivity index (χ1) is 30.2. The molecule has 0 bridgehead atoms. The van der Waals surface area contributed by atoms with E-state index in [4.69, 9.17) is 0 Å². The van der Waals surface area contributed by atoms with E-state index in [1.165, 1.54) is 110 Å². The van der Waals surface area contributed by atoms with Crippen LogP contribution < -0.4 is 0 Å². The molecule has 11 rings (SSSR count). The molecule has 0 amide bonds. The summed E-state index contributed by atoms with van der Waals surface area (Å²) >= 11 is 0. The molecule has 8 aromatic carbocycles. The van der Waals surface area contributed by atoms with Crippen molar-refractivity contribution in [2.75, 3.05) is 0 Å². The van der Waals surface area contributed by atoms with Gasteiger partial charge in [-0.15, -0.1) is 0 Å². The quantitative estimate of drug-likeness (QED) is 0.150. The SMILES string of the molecule is CCc1ccc2c(c1)c1cc(C)ccc1n2-c1ccc(-c2ccc3[nH]c4ccc(-c5ccc(-n6c7ccc(CC(C)C)cc7c7cc(CC(C)C)ccc76)cc5)cc4c3c2)cc1. The Balaban J connectivity index is 0.933. The summed E-state index contributed by atoms with van der Waals surface area (Å²) < 4.78 is 4.87. The lowest BCUT2D eigenvalue weighted by Crippen LogP contribution is -1.96. The van der Waals surface area contributed by atoms with E-state index >= 15 is 0 Å². The van der Waals surface area contributed by atoms with Gasteiger partial charge in [0.05, 0.1) is 22.1 Å². The van der Waals surface area contributed by atoms with Crippen LogP contribution in [-0.4, -0.2) is 14.1 Å². The first-order valence-corrected chi connectivity index (χ1v) is 22.6. The third-order valence-electron chi connectivity index (χ3n) is 13.1. The molecule has 62 heavy (non-hydrogen) atoms. The number of hydrogen-bond acceptors (Lipinski definition) is 0. The maximum absolute atomic E-state index is 3.69. The van der Waals surface area contributed by atoms with Crippen molar-refractivity contribution in [2.45, 2.75) is 60.8 Å². The third kappa shape index (κ3) is 6.50. The van der Waals surface area contributed by atoms with Gasteiger partial charge in [-0.3, -0.25) is 0 Å². The molecule has 11 aromatic rings. The Bertz CT molecular complexity index is 3430. The van der Waals surface area contributed by atoms with Crippen molar-refractivity contribution in [3.63, 3.8) is 0 Å². The van der Waals surface area contributed by atoms with Gasteiger partial charge >= 0.3 is 0 Å². The normalized spacial score (nSPS) is 12.2. The Morgan fingerprint density at radius 1 is 0.387 bits per heavy atom. The maximum atomic E-state index is 3.69. The molecule has 0 radical (unpaired) electrons. The maximum Gasteiger partial charge on any atom is 0.0541 e. The molecule has 3 aromatic heterocycles. The predicted octanol–water partition coefficient (Wildman–Crippen LogP) is 16.1. The molecule has 3 heterocycles. The van der Waals surface area contributed by atoms with E-state index in [2.05, 4.69) is 213 Å². The monoisotopic (exact) mass is 803 g/mol. The van der Waals surface area contributed by atoms with Gasteiger partial charge in [-0.1, -0.05) is 101 Å². The van der Waals surface area contributed by atoms with Crippen LogP contribution in [0.3, 0.4) is 0 Å². The minimum Gasteiger partial charge on any atom is -0.355 e. The standard InChI is InChI=1S/C59H53N3/c1-7-39-9-25-57-51(31-39)50-30-38(6)8-24-56(50)61(57)46-18-12-42(13-19-46)44-16-22-54-48(34-44)49-35-45(17-23-55(49)60-54)43-14-20-47(21-15-43)62-58-26-10-40(28-36(2)3)32-52(58)53-33-41(29-37(4)5)11-27-59(53)62/h8-27,30-37,60H,7,28-29H2,1-6H3. The average Bonchev–Trinajstić information content (AvgIpc) is 3.92. The van der Waals surface area contributed by atoms with E-state index in [1.54, 1.807) is 0 Å². The second-order valence-corrected chi connectivity index (χ2v) is 18.5. The van der Waals surface area contributed by atoms with E-state index in [1.807, 2.05) is 0 Å². The highest BCUT2D eigenvalue weighted by Crippen LogP contribution is 2.38. The molecule has 304 valence electrons. The van der Waals surface area contributed by atoms with Gasteiger partial charge in [0.2, 0.25) is 0 Å². The molecule has 1 N–H and O–H groups in total. The fourth-order valence-electron chi connectivity index (χ4n) is 10.1.